The number of nitrogens with zero attached hydrogens (tertiary/aromatic N) is 2. The van der Waals surface area contributed by atoms with Gasteiger partial charge in [0.15, 0.2) is 5.16 Å². The van der Waals surface area contributed by atoms with Gasteiger partial charge in [0.2, 0.25) is 5.91 Å². The molecular formula is C14H15BrFN3OS. The molecule has 0 saturated carbocycles. The van der Waals surface area contributed by atoms with Crippen molar-refractivity contribution in [2.75, 3.05) is 5.32 Å². The summed E-state index contributed by atoms with van der Waals surface area (Å²) in [6.45, 7) is 4.57. The number of hydrogen-bond donors (Lipinski definition) is 1. The fourth-order valence-electron chi connectivity index (χ4n) is 1.69. The lowest BCUT2D eigenvalue weighted by Gasteiger charge is -2.13. The van der Waals surface area contributed by atoms with E-state index in [1.165, 1.54) is 23.9 Å². The van der Waals surface area contributed by atoms with E-state index in [4.69, 9.17) is 0 Å². The standard InChI is InChI=1S/C14H15BrFN3OS/c1-3-19-7-6-17-14(19)21-9(2)13(20)18-12-5-4-10(15)8-11(12)16/h4-9H,3H2,1-2H3,(H,18,20). The van der Waals surface area contributed by atoms with Crippen LogP contribution in [0.2, 0.25) is 0 Å². The van der Waals surface area contributed by atoms with Crippen molar-refractivity contribution in [3.05, 3.63) is 40.9 Å². The first-order chi connectivity index (χ1) is 10.0. The van der Waals surface area contributed by atoms with Gasteiger partial charge in [0.05, 0.1) is 10.9 Å². The van der Waals surface area contributed by atoms with Crippen LogP contribution >= 0.6 is 27.7 Å². The largest absolute Gasteiger partial charge is 0.326 e. The third kappa shape index (κ3) is 4.07. The number of hydrogen-bond acceptors (Lipinski definition) is 3. The molecule has 0 spiro atoms. The van der Waals surface area contributed by atoms with Crippen molar-refractivity contribution in [2.45, 2.75) is 30.8 Å². The van der Waals surface area contributed by atoms with E-state index in [-0.39, 0.29) is 16.8 Å². The summed E-state index contributed by atoms with van der Waals surface area (Å²) in [4.78, 5) is 16.3. The van der Waals surface area contributed by atoms with Crippen molar-refractivity contribution >= 4 is 39.3 Å². The van der Waals surface area contributed by atoms with Crippen LogP contribution in [0.25, 0.3) is 0 Å². The number of thioether (sulfide) groups is 1. The molecule has 1 atom stereocenters. The summed E-state index contributed by atoms with van der Waals surface area (Å²) in [6.07, 6.45) is 3.56. The van der Waals surface area contributed by atoms with E-state index in [2.05, 4.69) is 26.2 Å². The summed E-state index contributed by atoms with van der Waals surface area (Å²) in [5.41, 5.74) is 0.175. The summed E-state index contributed by atoms with van der Waals surface area (Å²) in [5.74, 6) is -0.725. The number of carbonyl (C=O) groups is 1. The topological polar surface area (TPSA) is 46.9 Å². The Balaban J connectivity index is 2.02. The molecule has 1 aromatic carbocycles. The number of anilines is 1. The normalized spacial score (nSPS) is 12.2. The van der Waals surface area contributed by atoms with E-state index in [9.17, 15) is 9.18 Å². The number of imidazole rings is 1. The minimum Gasteiger partial charge on any atom is -0.326 e. The zero-order chi connectivity index (χ0) is 15.4. The van der Waals surface area contributed by atoms with Crippen LogP contribution in [-0.2, 0) is 11.3 Å². The van der Waals surface area contributed by atoms with E-state index in [0.29, 0.717) is 4.47 Å². The highest BCUT2D eigenvalue weighted by atomic mass is 79.9. The monoisotopic (exact) mass is 371 g/mol. The second-order valence-corrected chi connectivity index (χ2v) is 6.59. The van der Waals surface area contributed by atoms with Gasteiger partial charge in [-0.05, 0) is 32.0 Å². The Morgan fingerprint density at radius 2 is 2.33 bits per heavy atom. The minimum atomic E-state index is -0.468. The highest BCUT2D eigenvalue weighted by Gasteiger charge is 2.18. The average molecular weight is 372 g/mol. The second kappa shape index (κ2) is 7.09. The Kier molecular flexibility index (Phi) is 5.41. The van der Waals surface area contributed by atoms with Gasteiger partial charge in [-0.25, -0.2) is 9.37 Å². The SMILES string of the molecule is CCn1ccnc1SC(C)C(=O)Nc1ccc(Br)cc1F. The van der Waals surface area contributed by atoms with Gasteiger partial charge in [0.1, 0.15) is 5.82 Å². The molecular weight excluding hydrogens is 357 g/mol. The molecule has 2 rings (SSSR count). The van der Waals surface area contributed by atoms with Crippen LogP contribution in [0.1, 0.15) is 13.8 Å². The van der Waals surface area contributed by atoms with E-state index in [0.717, 1.165) is 11.7 Å². The van der Waals surface area contributed by atoms with Gasteiger partial charge < -0.3 is 9.88 Å². The first-order valence-electron chi connectivity index (χ1n) is 6.45. The van der Waals surface area contributed by atoms with E-state index >= 15 is 0 Å². The van der Waals surface area contributed by atoms with Crippen LogP contribution in [0.3, 0.4) is 0 Å². The van der Waals surface area contributed by atoms with Gasteiger partial charge in [0.25, 0.3) is 0 Å². The van der Waals surface area contributed by atoms with Crippen molar-refractivity contribution in [3.63, 3.8) is 0 Å². The maximum absolute atomic E-state index is 13.7. The Labute approximate surface area is 135 Å². The van der Waals surface area contributed by atoms with Crippen molar-refractivity contribution < 1.29 is 9.18 Å². The summed E-state index contributed by atoms with van der Waals surface area (Å²) in [7, 11) is 0. The molecule has 7 heteroatoms. The quantitative estimate of drug-likeness (QED) is 0.810. The van der Waals surface area contributed by atoms with Crippen LogP contribution in [0.15, 0.2) is 40.2 Å². The molecule has 0 bridgehead atoms. The second-order valence-electron chi connectivity index (χ2n) is 4.37. The number of amides is 1. The molecule has 112 valence electrons. The van der Waals surface area contributed by atoms with E-state index in [1.54, 1.807) is 19.2 Å². The molecule has 4 nitrogen and oxygen atoms in total. The number of aromatic nitrogens is 2. The van der Waals surface area contributed by atoms with E-state index < -0.39 is 5.82 Å². The molecule has 1 aromatic heterocycles. The fraction of sp³-hybridized carbons (Fsp3) is 0.286. The maximum atomic E-state index is 13.7. The lowest BCUT2D eigenvalue weighted by molar-refractivity contribution is -0.115. The molecule has 2 aromatic rings. The third-order valence-electron chi connectivity index (χ3n) is 2.86. The van der Waals surface area contributed by atoms with Gasteiger partial charge in [-0.3, -0.25) is 4.79 Å². The number of aryl methyl sites for hydroxylation is 1. The van der Waals surface area contributed by atoms with Crippen molar-refractivity contribution in [3.8, 4) is 0 Å². The predicted molar refractivity (Wildman–Crippen MR) is 85.9 cm³/mol. The number of rotatable bonds is 5. The molecule has 0 saturated heterocycles. The molecule has 1 unspecified atom stereocenters. The highest BCUT2D eigenvalue weighted by Crippen LogP contribution is 2.24. The predicted octanol–water partition coefficient (Wildman–Crippen LogP) is 3.92. The van der Waals surface area contributed by atoms with Crippen molar-refractivity contribution in [1.82, 2.24) is 9.55 Å². The van der Waals surface area contributed by atoms with Crippen LogP contribution in [0, 0.1) is 5.82 Å². The lowest BCUT2D eigenvalue weighted by Crippen LogP contribution is -2.23. The summed E-state index contributed by atoms with van der Waals surface area (Å²) in [5, 5.41) is 2.99. The fourth-order valence-corrected chi connectivity index (χ4v) is 2.95. The van der Waals surface area contributed by atoms with Gasteiger partial charge in [-0.2, -0.15) is 0 Å². The van der Waals surface area contributed by atoms with Crippen LogP contribution < -0.4 is 5.32 Å². The molecule has 21 heavy (non-hydrogen) atoms. The van der Waals surface area contributed by atoms with Crippen molar-refractivity contribution in [1.29, 1.82) is 0 Å². The van der Waals surface area contributed by atoms with E-state index in [1.807, 2.05) is 17.7 Å². The van der Waals surface area contributed by atoms with Gasteiger partial charge in [-0.15, -0.1) is 0 Å². The summed E-state index contributed by atoms with van der Waals surface area (Å²) >= 11 is 4.53. The zero-order valence-corrected chi connectivity index (χ0v) is 14.0. The Hall–Kier alpha value is -1.34. The first-order valence-corrected chi connectivity index (χ1v) is 8.12. The number of halogens is 2. The van der Waals surface area contributed by atoms with Gasteiger partial charge >= 0.3 is 0 Å². The Bertz CT molecular complexity index is 647. The Morgan fingerprint density at radius 3 is 3.00 bits per heavy atom. The lowest BCUT2D eigenvalue weighted by atomic mass is 10.3. The summed E-state index contributed by atoms with van der Waals surface area (Å²) in [6, 6.07) is 4.53. The van der Waals surface area contributed by atoms with Gasteiger partial charge in [0, 0.05) is 23.4 Å². The van der Waals surface area contributed by atoms with Crippen LogP contribution in [0.5, 0.6) is 0 Å². The van der Waals surface area contributed by atoms with Gasteiger partial charge in [-0.1, -0.05) is 27.7 Å². The molecule has 1 amide bonds. The van der Waals surface area contributed by atoms with Crippen LogP contribution in [0.4, 0.5) is 10.1 Å². The molecule has 0 fully saturated rings. The number of carbonyl (C=O) groups excluding carboxylic acids is 1. The number of nitrogens with one attached hydrogen (secondary N) is 1. The molecule has 0 radical (unpaired) electrons. The van der Waals surface area contributed by atoms with Crippen molar-refractivity contribution in [2.24, 2.45) is 0 Å². The minimum absolute atomic E-state index is 0.175. The molecule has 1 N–H and O–H groups in total. The highest BCUT2D eigenvalue weighted by molar-refractivity contribution is 9.10. The molecule has 0 aliphatic heterocycles. The summed E-state index contributed by atoms with van der Waals surface area (Å²) < 4.78 is 16.3. The Morgan fingerprint density at radius 1 is 1.57 bits per heavy atom. The molecule has 0 aliphatic rings. The first kappa shape index (κ1) is 16.0. The van der Waals surface area contributed by atoms with Crippen LogP contribution in [-0.4, -0.2) is 20.7 Å². The molecule has 0 aliphatic carbocycles. The smallest absolute Gasteiger partial charge is 0.237 e. The zero-order valence-electron chi connectivity index (χ0n) is 11.6. The number of benzene rings is 1. The maximum Gasteiger partial charge on any atom is 0.237 e. The average Bonchev–Trinajstić information content (AvgIpc) is 2.89. The molecule has 1 heterocycles. The third-order valence-corrected chi connectivity index (χ3v) is 4.47.